The zero-order valence-corrected chi connectivity index (χ0v) is 14.9. The summed E-state index contributed by atoms with van der Waals surface area (Å²) in [6.45, 7) is 4.70. The Kier molecular flexibility index (Phi) is 6.75. The second-order valence-corrected chi connectivity index (χ2v) is 6.49. The Morgan fingerprint density at radius 1 is 1.08 bits per heavy atom. The summed E-state index contributed by atoms with van der Waals surface area (Å²) in [7, 11) is 0. The minimum atomic E-state index is -0.291. The SMILES string of the molecule is O=C(C[C@H](c1ccccc1)c1ccccc1F)NCCN1CCOCC1. The topological polar surface area (TPSA) is 41.6 Å². The van der Waals surface area contributed by atoms with Gasteiger partial charge < -0.3 is 10.1 Å². The van der Waals surface area contributed by atoms with Crippen LogP contribution in [0.25, 0.3) is 0 Å². The lowest BCUT2D eigenvalue weighted by Gasteiger charge is -2.26. The van der Waals surface area contributed by atoms with Gasteiger partial charge in [-0.25, -0.2) is 4.39 Å². The lowest BCUT2D eigenvalue weighted by molar-refractivity contribution is -0.121. The van der Waals surface area contributed by atoms with E-state index in [1.807, 2.05) is 36.4 Å². The molecule has 2 aromatic rings. The van der Waals surface area contributed by atoms with Gasteiger partial charge in [0.1, 0.15) is 5.82 Å². The molecule has 1 atom stereocenters. The average Bonchev–Trinajstić information content (AvgIpc) is 2.68. The average molecular weight is 356 g/mol. The third kappa shape index (κ3) is 5.13. The third-order valence-electron chi connectivity index (χ3n) is 4.73. The number of halogens is 1. The number of nitrogens with one attached hydrogen (secondary N) is 1. The van der Waals surface area contributed by atoms with Gasteiger partial charge in [-0.05, 0) is 17.2 Å². The van der Waals surface area contributed by atoms with E-state index in [-0.39, 0.29) is 24.1 Å². The Labute approximate surface area is 154 Å². The summed E-state index contributed by atoms with van der Waals surface area (Å²) in [4.78, 5) is 14.7. The zero-order chi connectivity index (χ0) is 18.2. The second-order valence-electron chi connectivity index (χ2n) is 6.49. The van der Waals surface area contributed by atoms with E-state index in [0.29, 0.717) is 12.1 Å². The van der Waals surface area contributed by atoms with E-state index in [0.717, 1.165) is 38.4 Å². The van der Waals surface area contributed by atoms with E-state index in [2.05, 4.69) is 10.2 Å². The highest BCUT2D eigenvalue weighted by Crippen LogP contribution is 2.29. The van der Waals surface area contributed by atoms with Crippen LogP contribution in [0.3, 0.4) is 0 Å². The molecule has 1 saturated heterocycles. The van der Waals surface area contributed by atoms with Crippen LogP contribution in [0.15, 0.2) is 54.6 Å². The predicted octanol–water partition coefficient (Wildman–Crippen LogP) is 2.80. The summed E-state index contributed by atoms with van der Waals surface area (Å²) < 4.78 is 19.6. The summed E-state index contributed by atoms with van der Waals surface area (Å²) in [6.07, 6.45) is 0.230. The van der Waals surface area contributed by atoms with Crippen LogP contribution in [0.2, 0.25) is 0 Å². The maximum absolute atomic E-state index is 14.3. The number of ether oxygens (including phenoxy) is 1. The molecule has 1 N–H and O–H groups in total. The van der Waals surface area contributed by atoms with Gasteiger partial charge in [0.2, 0.25) is 5.91 Å². The van der Waals surface area contributed by atoms with Gasteiger partial charge in [0.05, 0.1) is 13.2 Å². The number of benzene rings is 2. The molecule has 0 saturated carbocycles. The Hall–Kier alpha value is -2.24. The first kappa shape index (κ1) is 18.5. The molecular formula is C21H25FN2O2. The van der Waals surface area contributed by atoms with Crippen molar-refractivity contribution in [2.45, 2.75) is 12.3 Å². The highest BCUT2D eigenvalue weighted by atomic mass is 19.1. The van der Waals surface area contributed by atoms with Gasteiger partial charge in [-0.2, -0.15) is 0 Å². The van der Waals surface area contributed by atoms with Crippen molar-refractivity contribution in [3.8, 4) is 0 Å². The van der Waals surface area contributed by atoms with E-state index >= 15 is 0 Å². The quantitative estimate of drug-likeness (QED) is 0.829. The lowest BCUT2D eigenvalue weighted by atomic mass is 9.88. The number of hydrogen-bond donors (Lipinski definition) is 1. The highest BCUT2D eigenvalue weighted by Gasteiger charge is 2.21. The highest BCUT2D eigenvalue weighted by molar-refractivity contribution is 5.77. The Balaban J connectivity index is 1.62. The van der Waals surface area contributed by atoms with Crippen LogP contribution in [0.1, 0.15) is 23.5 Å². The molecule has 0 aliphatic carbocycles. The molecule has 5 heteroatoms. The maximum atomic E-state index is 14.3. The van der Waals surface area contributed by atoms with Crippen LogP contribution >= 0.6 is 0 Å². The van der Waals surface area contributed by atoms with Gasteiger partial charge in [0, 0.05) is 38.5 Å². The largest absolute Gasteiger partial charge is 0.379 e. The molecule has 3 rings (SSSR count). The van der Waals surface area contributed by atoms with Crippen LogP contribution < -0.4 is 5.32 Å². The Morgan fingerprint density at radius 2 is 1.77 bits per heavy atom. The molecule has 26 heavy (non-hydrogen) atoms. The van der Waals surface area contributed by atoms with Gasteiger partial charge in [-0.15, -0.1) is 0 Å². The molecule has 0 bridgehead atoms. The molecule has 2 aromatic carbocycles. The van der Waals surface area contributed by atoms with Gasteiger partial charge in [-0.3, -0.25) is 9.69 Å². The summed E-state index contributed by atoms with van der Waals surface area (Å²) in [6, 6.07) is 16.3. The van der Waals surface area contributed by atoms with E-state index in [1.165, 1.54) is 6.07 Å². The van der Waals surface area contributed by atoms with Gasteiger partial charge >= 0.3 is 0 Å². The van der Waals surface area contributed by atoms with Crippen molar-refractivity contribution >= 4 is 5.91 Å². The summed E-state index contributed by atoms with van der Waals surface area (Å²) in [5, 5.41) is 2.98. The van der Waals surface area contributed by atoms with Crippen LogP contribution in [0.5, 0.6) is 0 Å². The molecule has 4 nitrogen and oxygen atoms in total. The number of morpholine rings is 1. The third-order valence-corrected chi connectivity index (χ3v) is 4.73. The predicted molar refractivity (Wildman–Crippen MR) is 99.6 cm³/mol. The first-order valence-electron chi connectivity index (χ1n) is 9.10. The molecule has 138 valence electrons. The molecule has 1 amide bonds. The number of carbonyl (C=O) groups is 1. The molecule has 0 spiro atoms. The monoisotopic (exact) mass is 356 g/mol. The zero-order valence-electron chi connectivity index (χ0n) is 14.9. The Morgan fingerprint density at radius 3 is 2.50 bits per heavy atom. The smallest absolute Gasteiger partial charge is 0.220 e. The number of rotatable bonds is 7. The van der Waals surface area contributed by atoms with Crippen molar-refractivity contribution in [1.82, 2.24) is 10.2 Å². The van der Waals surface area contributed by atoms with Crippen molar-refractivity contribution in [2.24, 2.45) is 0 Å². The van der Waals surface area contributed by atoms with Crippen molar-refractivity contribution in [3.63, 3.8) is 0 Å². The maximum Gasteiger partial charge on any atom is 0.220 e. The fraction of sp³-hybridized carbons (Fsp3) is 0.381. The molecule has 1 heterocycles. The van der Waals surface area contributed by atoms with Crippen molar-refractivity contribution in [3.05, 3.63) is 71.5 Å². The number of hydrogen-bond acceptors (Lipinski definition) is 3. The lowest BCUT2D eigenvalue weighted by Crippen LogP contribution is -2.41. The molecular weight excluding hydrogens is 331 g/mol. The summed E-state index contributed by atoms with van der Waals surface area (Å²) in [5.41, 5.74) is 1.50. The van der Waals surface area contributed by atoms with Crippen LogP contribution in [0, 0.1) is 5.82 Å². The van der Waals surface area contributed by atoms with Crippen molar-refractivity contribution in [1.29, 1.82) is 0 Å². The van der Waals surface area contributed by atoms with Gasteiger partial charge in [-0.1, -0.05) is 48.5 Å². The molecule has 0 unspecified atom stereocenters. The minimum absolute atomic E-state index is 0.0598. The van der Waals surface area contributed by atoms with E-state index in [1.54, 1.807) is 12.1 Å². The van der Waals surface area contributed by atoms with E-state index < -0.39 is 0 Å². The molecule has 1 aliphatic rings. The minimum Gasteiger partial charge on any atom is -0.379 e. The molecule has 0 aromatic heterocycles. The molecule has 1 aliphatic heterocycles. The molecule has 0 radical (unpaired) electrons. The van der Waals surface area contributed by atoms with Crippen molar-refractivity contribution in [2.75, 3.05) is 39.4 Å². The molecule has 1 fully saturated rings. The fourth-order valence-electron chi connectivity index (χ4n) is 3.29. The van der Waals surface area contributed by atoms with Crippen LogP contribution in [0.4, 0.5) is 4.39 Å². The van der Waals surface area contributed by atoms with E-state index in [9.17, 15) is 9.18 Å². The summed E-state index contributed by atoms with van der Waals surface area (Å²) >= 11 is 0. The van der Waals surface area contributed by atoms with Gasteiger partial charge in [0.25, 0.3) is 0 Å². The van der Waals surface area contributed by atoms with Crippen LogP contribution in [-0.2, 0) is 9.53 Å². The number of nitrogens with zero attached hydrogens (tertiary/aromatic N) is 1. The normalized spacial score (nSPS) is 16.2. The van der Waals surface area contributed by atoms with E-state index in [4.69, 9.17) is 4.74 Å². The van der Waals surface area contributed by atoms with Crippen LogP contribution in [-0.4, -0.2) is 50.2 Å². The fourth-order valence-corrected chi connectivity index (χ4v) is 3.29. The number of amides is 1. The standard InChI is InChI=1S/C21H25FN2O2/c22-20-9-5-4-8-18(20)19(17-6-2-1-3-7-17)16-21(25)23-10-11-24-12-14-26-15-13-24/h1-9,19H,10-16H2,(H,23,25)/t19-/m1/s1. The Bertz CT molecular complexity index is 702. The summed E-state index contributed by atoms with van der Waals surface area (Å²) in [5.74, 6) is -0.626. The first-order valence-corrected chi connectivity index (χ1v) is 9.10. The second kappa shape index (κ2) is 9.46. The van der Waals surface area contributed by atoms with Crippen molar-refractivity contribution < 1.29 is 13.9 Å². The number of carbonyl (C=O) groups excluding carboxylic acids is 1. The first-order chi connectivity index (χ1) is 12.7. The van der Waals surface area contributed by atoms with Gasteiger partial charge in [0.15, 0.2) is 0 Å².